The van der Waals surface area contributed by atoms with Gasteiger partial charge in [0.2, 0.25) is 0 Å². The van der Waals surface area contributed by atoms with E-state index >= 15 is 0 Å². The van der Waals surface area contributed by atoms with E-state index in [4.69, 9.17) is 0 Å². The van der Waals surface area contributed by atoms with Gasteiger partial charge in [-0.05, 0) is 44.2 Å². The third kappa shape index (κ3) is 3.01. The van der Waals surface area contributed by atoms with Crippen LogP contribution >= 0.6 is 0 Å². The molecule has 118 valence electrons. The first kappa shape index (κ1) is 15.0. The van der Waals surface area contributed by atoms with Gasteiger partial charge in [0.1, 0.15) is 12.7 Å². The SMILES string of the molecule is Cc1cc(C=Nn2cnnc2)c(C)n1-c1ccc(N(C)C)cc1. The molecule has 2 aromatic heterocycles. The average Bonchev–Trinajstić information content (AvgIpc) is 3.14. The second-order valence-corrected chi connectivity index (χ2v) is 5.66. The molecule has 0 saturated heterocycles. The Balaban J connectivity index is 1.94. The summed E-state index contributed by atoms with van der Waals surface area (Å²) < 4.78 is 3.81. The fourth-order valence-electron chi connectivity index (χ4n) is 2.60. The van der Waals surface area contributed by atoms with Crippen molar-refractivity contribution in [2.24, 2.45) is 5.10 Å². The number of hydrogen-bond donors (Lipinski definition) is 0. The Morgan fingerprint density at radius 1 is 1.04 bits per heavy atom. The minimum atomic E-state index is 1.08. The molecule has 23 heavy (non-hydrogen) atoms. The first-order valence-electron chi connectivity index (χ1n) is 7.42. The molecule has 0 fully saturated rings. The van der Waals surface area contributed by atoms with Crippen molar-refractivity contribution in [2.75, 3.05) is 19.0 Å². The summed E-state index contributed by atoms with van der Waals surface area (Å²) in [5.74, 6) is 0. The predicted molar refractivity (Wildman–Crippen MR) is 92.6 cm³/mol. The number of aromatic nitrogens is 4. The van der Waals surface area contributed by atoms with Gasteiger partial charge in [-0.15, -0.1) is 10.2 Å². The van der Waals surface area contributed by atoms with Crippen molar-refractivity contribution < 1.29 is 0 Å². The van der Waals surface area contributed by atoms with Crippen molar-refractivity contribution in [3.63, 3.8) is 0 Å². The van der Waals surface area contributed by atoms with Gasteiger partial charge in [0.05, 0.1) is 6.21 Å². The third-order valence-electron chi connectivity index (χ3n) is 3.83. The highest BCUT2D eigenvalue weighted by Gasteiger charge is 2.09. The van der Waals surface area contributed by atoms with Crippen molar-refractivity contribution in [3.8, 4) is 5.69 Å². The number of rotatable bonds is 4. The molecule has 0 aliphatic rings. The summed E-state index contributed by atoms with van der Waals surface area (Å²) in [4.78, 5) is 2.09. The highest BCUT2D eigenvalue weighted by molar-refractivity contribution is 5.82. The van der Waals surface area contributed by atoms with Gasteiger partial charge in [-0.3, -0.25) is 0 Å². The lowest BCUT2D eigenvalue weighted by Gasteiger charge is -2.14. The van der Waals surface area contributed by atoms with E-state index in [0.29, 0.717) is 0 Å². The topological polar surface area (TPSA) is 51.2 Å². The highest BCUT2D eigenvalue weighted by atomic mass is 15.4. The van der Waals surface area contributed by atoms with Gasteiger partial charge >= 0.3 is 0 Å². The van der Waals surface area contributed by atoms with Crippen molar-refractivity contribution >= 4 is 11.9 Å². The average molecular weight is 308 g/mol. The molecule has 3 aromatic rings. The van der Waals surface area contributed by atoms with Crippen LogP contribution in [0.3, 0.4) is 0 Å². The number of anilines is 1. The molecule has 0 amide bonds. The Morgan fingerprint density at radius 3 is 2.30 bits per heavy atom. The zero-order valence-corrected chi connectivity index (χ0v) is 13.8. The van der Waals surface area contributed by atoms with Gasteiger partial charge in [0.25, 0.3) is 0 Å². The normalized spacial score (nSPS) is 11.3. The van der Waals surface area contributed by atoms with Gasteiger partial charge in [-0.1, -0.05) is 0 Å². The van der Waals surface area contributed by atoms with E-state index < -0.39 is 0 Å². The second kappa shape index (κ2) is 6.08. The minimum Gasteiger partial charge on any atom is -0.378 e. The van der Waals surface area contributed by atoms with Gasteiger partial charge in [0.15, 0.2) is 0 Å². The Kier molecular flexibility index (Phi) is 3.97. The molecule has 0 unspecified atom stereocenters. The summed E-state index contributed by atoms with van der Waals surface area (Å²) >= 11 is 0. The summed E-state index contributed by atoms with van der Waals surface area (Å²) in [5, 5.41) is 11.8. The summed E-state index contributed by atoms with van der Waals surface area (Å²) in [5.41, 5.74) is 5.73. The lowest BCUT2D eigenvalue weighted by Crippen LogP contribution is -2.08. The van der Waals surface area contributed by atoms with Crippen LogP contribution in [0.15, 0.2) is 48.1 Å². The molecule has 0 atom stereocenters. The molecule has 0 bridgehead atoms. The minimum absolute atomic E-state index is 1.08. The maximum absolute atomic E-state index is 4.33. The van der Waals surface area contributed by atoms with Gasteiger partial charge < -0.3 is 9.47 Å². The smallest absolute Gasteiger partial charge is 0.141 e. The lowest BCUT2D eigenvalue weighted by atomic mass is 10.2. The van der Waals surface area contributed by atoms with Crippen molar-refractivity contribution in [1.29, 1.82) is 0 Å². The molecule has 6 nitrogen and oxygen atoms in total. The third-order valence-corrected chi connectivity index (χ3v) is 3.83. The fraction of sp³-hybridized carbons (Fsp3) is 0.235. The van der Waals surface area contributed by atoms with Crippen LogP contribution in [0.25, 0.3) is 5.69 Å². The second-order valence-electron chi connectivity index (χ2n) is 5.66. The van der Waals surface area contributed by atoms with Crippen LogP contribution in [0.2, 0.25) is 0 Å². The van der Waals surface area contributed by atoms with E-state index in [0.717, 1.165) is 16.9 Å². The van der Waals surface area contributed by atoms with Gasteiger partial charge in [-0.25, -0.2) is 4.68 Å². The molecule has 6 heteroatoms. The van der Waals surface area contributed by atoms with E-state index in [2.05, 4.69) is 68.9 Å². The molecular formula is C17H20N6. The Hall–Kier alpha value is -2.89. The standard InChI is InChI=1S/C17H20N6/c1-13-9-15(10-20-22-11-18-19-12-22)14(2)23(13)17-7-5-16(6-8-17)21(3)4/h5-12H,1-4H3. The van der Waals surface area contributed by atoms with Crippen LogP contribution in [-0.2, 0) is 0 Å². The van der Waals surface area contributed by atoms with E-state index in [9.17, 15) is 0 Å². The number of aryl methyl sites for hydroxylation is 1. The Bertz CT molecular complexity index is 810. The van der Waals surface area contributed by atoms with Crippen LogP contribution in [0.5, 0.6) is 0 Å². The predicted octanol–water partition coefficient (Wildman–Crippen LogP) is 2.63. The maximum Gasteiger partial charge on any atom is 0.141 e. The van der Waals surface area contributed by atoms with Gasteiger partial charge in [-0.2, -0.15) is 5.10 Å². The largest absolute Gasteiger partial charge is 0.378 e. The molecule has 0 aliphatic carbocycles. The number of hydrogen-bond acceptors (Lipinski definition) is 4. The Morgan fingerprint density at radius 2 is 1.70 bits per heavy atom. The molecule has 0 aliphatic heterocycles. The van der Waals surface area contributed by atoms with E-state index in [-0.39, 0.29) is 0 Å². The highest BCUT2D eigenvalue weighted by Crippen LogP contribution is 2.22. The first-order chi connectivity index (χ1) is 11.1. The summed E-state index contributed by atoms with van der Waals surface area (Å²) in [6.45, 7) is 4.20. The van der Waals surface area contributed by atoms with Crippen LogP contribution in [0.4, 0.5) is 5.69 Å². The molecule has 0 N–H and O–H groups in total. The van der Waals surface area contributed by atoms with Crippen molar-refractivity contribution in [1.82, 2.24) is 19.4 Å². The van der Waals surface area contributed by atoms with Gasteiger partial charge in [0, 0.05) is 42.4 Å². The molecule has 0 saturated carbocycles. The fourth-order valence-corrected chi connectivity index (χ4v) is 2.60. The molecular weight excluding hydrogens is 288 g/mol. The summed E-state index contributed by atoms with van der Waals surface area (Å²) in [6.07, 6.45) is 4.96. The molecule has 3 rings (SSSR count). The maximum atomic E-state index is 4.33. The number of nitrogens with zero attached hydrogens (tertiary/aromatic N) is 6. The summed E-state index contributed by atoms with van der Waals surface area (Å²) in [7, 11) is 4.08. The van der Waals surface area contributed by atoms with Crippen LogP contribution in [0.1, 0.15) is 17.0 Å². The van der Waals surface area contributed by atoms with Crippen LogP contribution in [0, 0.1) is 13.8 Å². The summed E-state index contributed by atoms with van der Waals surface area (Å²) in [6, 6.07) is 10.6. The Labute approximate surface area is 135 Å². The number of benzene rings is 1. The van der Waals surface area contributed by atoms with E-state index in [1.54, 1.807) is 17.3 Å². The van der Waals surface area contributed by atoms with E-state index in [1.807, 2.05) is 20.3 Å². The quantitative estimate of drug-likeness (QED) is 0.696. The first-order valence-corrected chi connectivity index (χ1v) is 7.42. The molecule has 0 spiro atoms. The van der Waals surface area contributed by atoms with Crippen molar-refractivity contribution in [3.05, 3.63) is 59.9 Å². The van der Waals surface area contributed by atoms with Crippen LogP contribution in [-0.4, -0.2) is 39.8 Å². The molecule has 1 aromatic carbocycles. The van der Waals surface area contributed by atoms with E-state index in [1.165, 1.54) is 11.4 Å². The molecule has 0 radical (unpaired) electrons. The zero-order chi connectivity index (χ0) is 16.4. The lowest BCUT2D eigenvalue weighted by molar-refractivity contribution is 0.877. The monoisotopic (exact) mass is 308 g/mol. The zero-order valence-electron chi connectivity index (χ0n) is 13.8. The van der Waals surface area contributed by atoms with Crippen LogP contribution < -0.4 is 4.90 Å². The van der Waals surface area contributed by atoms with Crippen molar-refractivity contribution in [2.45, 2.75) is 13.8 Å². The molecule has 2 heterocycles.